The van der Waals surface area contributed by atoms with Gasteiger partial charge in [-0.15, -0.1) is 0 Å². The maximum Gasteiger partial charge on any atom is 0.0540 e. The number of rotatable bonds is 2. The molecule has 20 heavy (non-hydrogen) atoms. The highest BCUT2D eigenvalue weighted by Crippen LogP contribution is 2.45. The smallest absolute Gasteiger partial charge is 0.0540 e. The first-order valence-electron chi connectivity index (χ1n) is 9.08. The van der Waals surface area contributed by atoms with E-state index in [-0.39, 0.29) is 12.2 Å². The largest absolute Gasteiger partial charge is 0.393 e. The average molecular weight is 280 g/mol. The predicted octanol–water partition coefficient (Wildman–Crippen LogP) is 3.90. The molecule has 0 aliphatic heterocycles. The number of aliphatic hydroxyl groups is 2. The molecule has 3 saturated carbocycles. The Morgan fingerprint density at radius 1 is 0.450 bits per heavy atom. The Labute approximate surface area is 124 Å². The van der Waals surface area contributed by atoms with Crippen molar-refractivity contribution < 1.29 is 10.2 Å². The molecule has 3 fully saturated rings. The fourth-order valence-electron chi connectivity index (χ4n) is 5.27. The monoisotopic (exact) mass is 280 g/mol. The minimum absolute atomic E-state index is 0.00882. The van der Waals surface area contributed by atoms with Gasteiger partial charge in [0, 0.05) is 0 Å². The van der Waals surface area contributed by atoms with Gasteiger partial charge in [-0.2, -0.15) is 0 Å². The highest BCUT2D eigenvalue weighted by molar-refractivity contribution is 4.86. The summed E-state index contributed by atoms with van der Waals surface area (Å²) in [5.41, 5.74) is 0. The molecule has 3 rings (SSSR count). The summed E-state index contributed by atoms with van der Waals surface area (Å²) in [6.07, 6.45) is 15.0. The van der Waals surface area contributed by atoms with Gasteiger partial charge in [-0.1, -0.05) is 19.3 Å². The van der Waals surface area contributed by atoms with Gasteiger partial charge in [0.1, 0.15) is 0 Å². The lowest BCUT2D eigenvalue weighted by atomic mass is 9.65. The summed E-state index contributed by atoms with van der Waals surface area (Å²) in [6, 6.07) is 0. The van der Waals surface area contributed by atoms with E-state index in [0.29, 0.717) is 0 Å². The fourth-order valence-corrected chi connectivity index (χ4v) is 5.27. The molecule has 0 radical (unpaired) electrons. The minimum atomic E-state index is -0.00882. The molecular formula is C18H32O2. The molecule has 3 aliphatic carbocycles. The first-order chi connectivity index (χ1) is 9.72. The third-order valence-electron chi connectivity index (χ3n) is 6.57. The lowest BCUT2D eigenvalue weighted by molar-refractivity contribution is 0.0477. The van der Waals surface area contributed by atoms with Crippen LogP contribution in [0.1, 0.15) is 77.0 Å². The number of hydrogen-bond acceptors (Lipinski definition) is 2. The average Bonchev–Trinajstić information content (AvgIpc) is 2.49. The number of aliphatic hydroxyl groups excluding tert-OH is 2. The summed E-state index contributed by atoms with van der Waals surface area (Å²) in [7, 11) is 0. The normalized spacial score (nSPS) is 47.1. The summed E-state index contributed by atoms with van der Waals surface area (Å²) < 4.78 is 0. The Morgan fingerprint density at radius 2 is 0.850 bits per heavy atom. The van der Waals surface area contributed by atoms with Crippen molar-refractivity contribution in [3.8, 4) is 0 Å². The van der Waals surface area contributed by atoms with E-state index < -0.39 is 0 Å². The van der Waals surface area contributed by atoms with Crippen LogP contribution in [-0.2, 0) is 0 Å². The van der Waals surface area contributed by atoms with Crippen LogP contribution in [-0.4, -0.2) is 22.4 Å². The first-order valence-corrected chi connectivity index (χ1v) is 9.08. The van der Waals surface area contributed by atoms with Gasteiger partial charge in [0.2, 0.25) is 0 Å². The summed E-state index contributed by atoms with van der Waals surface area (Å²) in [5.74, 6) is 3.67. The lowest BCUT2D eigenvalue weighted by Gasteiger charge is -2.41. The summed E-state index contributed by atoms with van der Waals surface area (Å²) in [4.78, 5) is 0. The second-order valence-electron chi connectivity index (χ2n) is 7.82. The Balaban J connectivity index is 1.51. The topological polar surface area (TPSA) is 40.5 Å². The zero-order chi connectivity index (χ0) is 13.9. The van der Waals surface area contributed by atoms with E-state index in [0.717, 1.165) is 49.4 Å². The molecule has 2 N–H and O–H groups in total. The molecule has 2 heteroatoms. The second-order valence-corrected chi connectivity index (χ2v) is 7.82. The van der Waals surface area contributed by atoms with Crippen LogP contribution in [0.4, 0.5) is 0 Å². The van der Waals surface area contributed by atoms with E-state index in [9.17, 15) is 10.2 Å². The zero-order valence-corrected chi connectivity index (χ0v) is 12.8. The second kappa shape index (κ2) is 6.79. The van der Waals surface area contributed by atoms with Gasteiger partial charge < -0.3 is 10.2 Å². The molecule has 0 heterocycles. The maximum absolute atomic E-state index is 9.68. The quantitative estimate of drug-likeness (QED) is 0.805. The predicted molar refractivity (Wildman–Crippen MR) is 81.4 cm³/mol. The van der Waals surface area contributed by atoms with Crippen LogP contribution in [0.3, 0.4) is 0 Å². The third kappa shape index (κ3) is 3.57. The van der Waals surface area contributed by atoms with Crippen LogP contribution in [0.15, 0.2) is 0 Å². The van der Waals surface area contributed by atoms with Crippen molar-refractivity contribution in [2.75, 3.05) is 0 Å². The van der Waals surface area contributed by atoms with E-state index in [2.05, 4.69) is 0 Å². The van der Waals surface area contributed by atoms with Crippen LogP contribution >= 0.6 is 0 Å². The Morgan fingerprint density at radius 3 is 1.25 bits per heavy atom. The minimum Gasteiger partial charge on any atom is -0.393 e. The molecule has 0 aromatic heterocycles. The summed E-state index contributed by atoms with van der Waals surface area (Å²) in [5, 5.41) is 19.4. The molecule has 116 valence electrons. The highest BCUT2D eigenvalue weighted by atomic mass is 16.3. The van der Waals surface area contributed by atoms with Gasteiger partial charge in [-0.25, -0.2) is 0 Å². The van der Waals surface area contributed by atoms with Crippen molar-refractivity contribution in [3.63, 3.8) is 0 Å². The molecule has 0 aromatic rings. The lowest BCUT2D eigenvalue weighted by Crippen LogP contribution is -2.32. The molecule has 0 saturated heterocycles. The first kappa shape index (κ1) is 14.8. The third-order valence-corrected chi connectivity index (χ3v) is 6.57. The van der Waals surface area contributed by atoms with Crippen LogP contribution in [0.5, 0.6) is 0 Å². The van der Waals surface area contributed by atoms with E-state index in [1.54, 1.807) is 0 Å². The van der Waals surface area contributed by atoms with Crippen LogP contribution in [0, 0.1) is 23.7 Å². The highest BCUT2D eigenvalue weighted by Gasteiger charge is 2.35. The van der Waals surface area contributed by atoms with E-state index in [1.165, 1.54) is 51.4 Å². The SMILES string of the molecule is OC1CCC(C2CCCC(C3CCC(O)CC3)C2)CC1. The molecule has 0 aromatic carbocycles. The van der Waals surface area contributed by atoms with E-state index >= 15 is 0 Å². The van der Waals surface area contributed by atoms with Crippen molar-refractivity contribution in [1.82, 2.24) is 0 Å². The summed E-state index contributed by atoms with van der Waals surface area (Å²) in [6.45, 7) is 0. The summed E-state index contributed by atoms with van der Waals surface area (Å²) >= 11 is 0. The van der Waals surface area contributed by atoms with Crippen molar-refractivity contribution in [3.05, 3.63) is 0 Å². The van der Waals surface area contributed by atoms with Crippen LogP contribution in [0.25, 0.3) is 0 Å². The van der Waals surface area contributed by atoms with Crippen molar-refractivity contribution in [2.45, 2.75) is 89.3 Å². The van der Waals surface area contributed by atoms with Crippen LogP contribution in [0.2, 0.25) is 0 Å². The van der Waals surface area contributed by atoms with Crippen molar-refractivity contribution >= 4 is 0 Å². The fraction of sp³-hybridized carbons (Fsp3) is 1.00. The van der Waals surface area contributed by atoms with E-state index in [1.807, 2.05) is 0 Å². The Hall–Kier alpha value is -0.0800. The van der Waals surface area contributed by atoms with Gasteiger partial charge in [-0.05, 0) is 81.5 Å². The van der Waals surface area contributed by atoms with E-state index in [4.69, 9.17) is 0 Å². The van der Waals surface area contributed by atoms with Crippen molar-refractivity contribution in [1.29, 1.82) is 0 Å². The van der Waals surface area contributed by atoms with Gasteiger partial charge in [0.15, 0.2) is 0 Å². The standard InChI is InChI=1S/C18H32O2/c19-17-8-4-13(5-9-17)15-2-1-3-16(12-15)14-6-10-18(20)11-7-14/h13-20H,1-12H2. The van der Waals surface area contributed by atoms with Gasteiger partial charge in [0.25, 0.3) is 0 Å². The van der Waals surface area contributed by atoms with Crippen molar-refractivity contribution in [2.24, 2.45) is 23.7 Å². The molecule has 2 atom stereocenters. The molecular weight excluding hydrogens is 248 g/mol. The molecule has 0 amide bonds. The zero-order valence-electron chi connectivity index (χ0n) is 12.8. The van der Waals surface area contributed by atoms with Crippen LogP contribution < -0.4 is 0 Å². The van der Waals surface area contributed by atoms with Gasteiger partial charge in [-0.3, -0.25) is 0 Å². The molecule has 0 bridgehead atoms. The molecule has 3 aliphatic rings. The molecule has 2 unspecified atom stereocenters. The molecule has 0 spiro atoms. The Bertz CT molecular complexity index is 260. The van der Waals surface area contributed by atoms with Gasteiger partial charge in [0.05, 0.1) is 12.2 Å². The van der Waals surface area contributed by atoms with Gasteiger partial charge >= 0.3 is 0 Å². The number of hydrogen-bond donors (Lipinski definition) is 2. The Kier molecular flexibility index (Phi) is 5.04. The maximum atomic E-state index is 9.68. The molecule has 2 nitrogen and oxygen atoms in total.